The van der Waals surface area contributed by atoms with Crippen molar-refractivity contribution in [1.29, 1.82) is 0 Å². The van der Waals surface area contributed by atoms with Gasteiger partial charge in [-0.05, 0) is 29.8 Å². The fourth-order valence-corrected chi connectivity index (χ4v) is 3.30. The summed E-state index contributed by atoms with van der Waals surface area (Å²) in [6, 6.07) is 13.1. The predicted molar refractivity (Wildman–Crippen MR) is 106 cm³/mol. The maximum Gasteiger partial charge on any atom is 0.270 e. The van der Waals surface area contributed by atoms with Crippen LogP contribution in [0.4, 0.5) is 5.69 Å². The molecule has 0 atom stereocenters. The second-order valence-corrected chi connectivity index (χ2v) is 6.38. The van der Waals surface area contributed by atoms with E-state index in [0.29, 0.717) is 11.3 Å². The molecular formula is C19H16N4O3S. The van der Waals surface area contributed by atoms with Crippen molar-refractivity contribution in [2.24, 2.45) is 10.2 Å². The molecule has 3 rings (SSSR count). The Kier molecular flexibility index (Phi) is 5.58. The number of hydrogen-bond acceptors (Lipinski definition) is 6. The standard InChI is InChI=1S/C19H16N4O3S/c1-2-10-22-18(15-4-3-5-16(11-15)23(25)26)13-27-19(22)21-20-12-14-6-8-17(24)9-7-14/h2-9,11-13,24H,1,10H2/b20-12-,21-19-. The predicted octanol–water partition coefficient (Wildman–Crippen LogP) is 3.95. The van der Waals surface area contributed by atoms with E-state index in [4.69, 9.17) is 0 Å². The van der Waals surface area contributed by atoms with Gasteiger partial charge in [-0.2, -0.15) is 5.10 Å². The number of rotatable bonds is 6. The molecule has 0 aliphatic heterocycles. The number of non-ortho nitro benzene ring substituents is 1. The molecule has 2 aromatic carbocycles. The van der Waals surface area contributed by atoms with E-state index in [2.05, 4.69) is 16.8 Å². The average Bonchev–Trinajstić information content (AvgIpc) is 3.06. The van der Waals surface area contributed by atoms with Crippen LogP contribution in [0.3, 0.4) is 0 Å². The summed E-state index contributed by atoms with van der Waals surface area (Å²) in [4.78, 5) is 11.3. The number of phenolic OH excluding ortho intramolecular Hbond substituents is 1. The number of nitro benzene ring substituents is 1. The van der Waals surface area contributed by atoms with Crippen LogP contribution in [-0.2, 0) is 6.54 Å². The lowest BCUT2D eigenvalue weighted by Gasteiger charge is -2.06. The molecular weight excluding hydrogens is 364 g/mol. The number of thiazole rings is 1. The second kappa shape index (κ2) is 8.24. The molecule has 3 aromatic rings. The van der Waals surface area contributed by atoms with E-state index in [1.165, 1.54) is 23.5 Å². The van der Waals surface area contributed by atoms with Crippen LogP contribution in [0.5, 0.6) is 5.75 Å². The Morgan fingerprint density at radius 3 is 2.74 bits per heavy atom. The number of benzene rings is 2. The summed E-state index contributed by atoms with van der Waals surface area (Å²) in [5, 5.41) is 30.6. The summed E-state index contributed by atoms with van der Waals surface area (Å²) in [5.41, 5.74) is 2.38. The number of nitro groups is 1. The lowest BCUT2D eigenvalue weighted by atomic mass is 10.1. The Bertz CT molecular complexity index is 1070. The minimum atomic E-state index is -0.416. The van der Waals surface area contributed by atoms with Gasteiger partial charge in [0.2, 0.25) is 4.80 Å². The summed E-state index contributed by atoms with van der Waals surface area (Å²) in [6.07, 6.45) is 3.32. The first kappa shape index (κ1) is 18.3. The van der Waals surface area contributed by atoms with E-state index in [0.717, 1.165) is 16.8 Å². The zero-order chi connectivity index (χ0) is 19.2. The van der Waals surface area contributed by atoms with Gasteiger partial charge in [0.15, 0.2) is 0 Å². The molecule has 1 heterocycles. The first-order valence-electron chi connectivity index (χ1n) is 7.98. The molecule has 1 N–H and O–H groups in total. The fraction of sp³-hybridized carbons (Fsp3) is 0.0526. The molecule has 0 amide bonds. The quantitative estimate of drug-likeness (QED) is 0.304. The topological polar surface area (TPSA) is 93.0 Å². The summed E-state index contributed by atoms with van der Waals surface area (Å²) < 4.78 is 1.89. The lowest BCUT2D eigenvalue weighted by Crippen LogP contribution is -2.14. The van der Waals surface area contributed by atoms with Gasteiger partial charge in [-0.3, -0.25) is 10.1 Å². The van der Waals surface area contributed by atoms with E-state index in [1.807, 2.05) is 16.0 Å². The van der Waals surface area contributed by atoms with Crippen LogP contribution >= 0.6 is 11.3 Å². The number of aromatic nitrogens is 1. The number of nitrogens with zero attached hydrogens (tertiary/aromatic N) is 4. The monoisotopic (exact) mass is 380 g/mol. The van der Waals surface area contributed by atoms with Crippen molar-refractivity contribution in [3.8, 4) is 17.0 Å². The molecule has 136 valence electrons. The molecule has 0 radical (unpaired) electrons. The molecule has 0 aliphatic rings. The Morgan fingerprint density at radius 2 is 2.04 bits per heavy atom. The molecule has 0 saturated heterocycles. The maximum absolute atomic E-state index is 11.0. The van der Waals surface area contributed by atoms with E-state index >= 15 is 0 Å². The summed E-state index contributed by atoms with van der Waals surface area (Å²) >= 11 is 1.39. The number of aromatic hydroxyl groups is 1. The van der Waals surface area contributed by atoms with Crippen molar-refractivity contribution in [3.05, 3.63) is 87.0 Å². The first-order chi connectivity index (χ1) is 13.1. The van der Waals surface area contributed by atoms with Gasteiger partial charge >= 0.3 is 0 Å². The zero-order valence-electron chi connectivity index (χ0n) is 14.2. The first-order valence-corrected chi connectivity index (χ1v) is 8.86. The van der Waals surface area contributed by atoms with Gasteiger partial charge in [-0.1, -0.05) is 18.2 Å². The van der Waals surface area contributed by atoms with Crippen molar-refractivity contribution in [2.45, 2.75) is 6.54 Å². The minimum Gasteiger partial charge on any atom is -0.508 e. The number of phenols is 1. The highest BCUT2D eigenvalue weighted by molar-refractivity contribution is 7.07. The normalized spacial score (nSPS) is 11.8. The molecule has 8 heteroatoms. The van der Waals surface area contributed by atoms with E-state index in [-0.39, 0.29) is 11.4 Å². The van der Waals surface area contributed by atoms with Gasteiger partial charge in [0.25, 0.3) is 5.69 Å². The van der Waals surface area contributed by atoms with E-state index in [1.54, 1.807) is 42.6 Å². The summed E-state index contributed by atoms with van der Waals surface area (Å²) in [6.45, 7) is 4.26. The van der Waals surface area contributed by atoms with Crippen molar-refractivity contribution >= 4 is 23.2 Å². The van der Waals surface area contributed by atoms with Gasteiger partial charge < -0.3 is 9.67 Å². The highest BCUT2D eigenvalue weighted by Gasteiger charge is 2.11. The zero-order valence-corrected chi connectivity index (χ0v) is 15.0. The van der Waals surface area contributed by atoms with E-state index in [9.17, 15) is 15.2 Å². The Hall–Kier alpha value is -3.52. The number of hydrogen-bond donors (Lipinski definition) is 1. The molecule has 0 fully saturated rings. The highest BCUT2D eigenvalue weighted by Crippen LogP contribution is 2.24. The van der Waals surface area contributed by atoms with Gasteiger partial charge in [0.1, 0.15) is 5.75 Å². The molecule has 0 saturated carbocycles. The summed E-state index contributed by atoms with van der Waals surface area (Å²) in [5.74, 6) is 0.188. The van der Waals surface area contributed by atoms with Crippen LogP contribution < -0.4 is 4.80 Å². The molecule has 0 aliphatic carbocycles. The lowest BCUT2D eigenvalue weighted by molar-refractivity contribution is -0.384. The van der Waals surface area contributed by atoms with Crippen LogP contribution in [0.25, 0.3) is 11.3 Å². The minimum absolute atomic E-state index is 0.0349. The smallest absolute Gasteiger partial charge is 0.270 e. The van der Waals surface area contributed by atoms with Crippen molar-refractivity contribution < 1.29 is 10.0 Å². The Labute approximate surface area is 159 Å². The summed E-state index contributed by atoms with van der Waals surface area (Å²) in [7, 11) is 0. The van der Waals surface area contributed by atoms with Gasteiger partial charge in [0.05, 0.1) is 16.8 Å². The molecule has 0 unspecified atom stereocenters. The van der Waals surface area contributed by atoms with Crippen molar-refractivity contribution in [3.63, 3.8) is 0 Å². The fourth-order valence-electron chi connectivity index (χ4n) is 2.43. The van der Waals surface area contributed by atoms with Crippen LogP contribution in [0.15, 0.2) is 76.8 Å². The highest BCUT2D eigenvalue weighted by atomic mass is 32.1. The van der Waals surface area contributed by atoms with Crippen LogP contribution in [0.2, 0.25) is 0 Å². The number of allylic oxidation sites excluding steroid dienone is 1. The van der Waals surface area contributed by atoms with Gasteiger partial charge in [-0.25, -0.2) is 0 Å². The molecule has 7 nitrogen and oxygen atoms in total. The van der Waals surface area contributed by atoms with Crippen LogP contribution in [-0.4, -0.2) is 20.8 Å². The third-order valence-corrected chi connectivity index (χ3v) is 4.56. The molecule has 1 aromatic heterocycles. The van der Waals surface area contributed by atoms with Gasteiger partial charge in [-0.15, -0.1) is 23.0 Å². The molecule has 0 spiro atoms. The molecule has 27 heavy (non-hydrogen) atoms. The third kappa shape index (κ3) is 4.36. The maximum atomic E-state index is 11.0. The Morgan fingerprint density at radius 1 is 1.26 bits per heavy atom. The second-order valence-electron chi connectivity index (χ2n) is 5.55. The van der Waals surface area contributed by atoms with Gasteiger partial charge in [0, 0.05) is 29.6 Å². The van der Waals surface area contributed by atoms with Crippen molar-refractivity contribution in [1.82, 2.24) is 4.57 Å². The Balaban J connectivity index is 1.97. The van der Waals surface area contributed by atoms with Crippen molar-refractivity contribution in [2.75, 3.05) is 0 Å². The average molecular weight is 380 g/mol. The SMILES string of the molecule is C=CCn1c(-c2cccc([N+](=O)[O-])c2)cs/c1=N\N=C/c1ccc(O)cc1. The third-order valence-electron chi connectivity index (χ3n) is 3.71. The van der Waals surface area contributed by atoms with Crippen LogP contribution in [0.1, 0.15) is 5.56 Å². The van der Waals surface area contributed by atoms with Crippen LogP contribution in [0, 0.1) is 10.1 Å². The van der Waals surface area contributed by atoms with E-state index < -0.39 is 4.92 Å². The molecule has 0 bridgehead atoms. The largest absolute Gasteiger partial charge is 0.508 e.